The minimum Gasteiger partial charge on any atom is -0.256 e. The van der Waals surface area contributed by atoms with Crippen molar-refractivity contribution in [2.75, 3.05) is 0 Å². The van der Waals surface area contributed by atoms with Crippen LogP contribution in [0.25, 0.3) is 11.3 Å². The molecule has 0 aliphatic heterocycles. The molecule has 17 heavy (non-hydrogen) atoms. The van der Waals surface area contributed by atoms with Crippen LogP contribution >= 0.6 is 12.6 Å². The summed E-state index contributed by atoms with van der Waals surface area (Å²) < 4.78 is 0. The minimum absolute atomic E-state index is 0.142. The highest BCUT2D eigenvalue weighted by Crippen LogP contribution is 2.28. The average Bonchev–Trinajstić information content (AvgIpc) is 2.29. The second kappa shape index (κ2) is 4.53. The van der Waals surface area contributed by atoms with E-state index in [1.54, 1.807) is 0 Å². The van der Waals surface area contributed by atoms with Gasteiger partial charge in [0.2, 0.25) is 0 Å². The number of rotatable bonds is 1. The monoisotopic (exact) mass is 243 g/mol. The summed E-state index contributed by atoms with van der Waals surface area (Å²) in [5.41, 5.74) is 3.51. The van der Waals surface area contributed by atoms with Gasteiger partial charge in [0.15, 0.2) is 0 Å². The van der Waals surface area contributed by atoms with Crippen LogP contribution in [0.3, 0.4) is 0 Å². The first-order valence-electron chi connectivity index (χ1n) is 5.73. The summed E-state index contributed by atoms with van der Waals surface area (Å²) in [6.45, 7) is 6.62. The summed E-state index contributed by atoms with van der Waals surface area (Å²) in [6, 6.07) is 12.3. The predicted molar refractivity (Wildman–Crippen MR) is 75.6 cm³/mol. The number of thiol groups is 1. The van der Waals surface area contributed by atoms with Crippen LogP contribution in [0.2, 0.25) is 0 Å². The fourth-order valence-electron chi connectivity index (χ4n) is 1.73. The van der Waals surface area contributed by atoms with E-state index in [-0.39, 0.29) is 5.41 Å². The zero-order valence-corrected chi connectivity index (χ0v) is 11.3. The molecule has 1 aromatic heterocycles. The molecule has 0 saturated heterocycles. The lowest BCUT2D eigenvalue weighted by molar-refractivity contribution is 0.589. The summed E-state index contributed by atoms with van der Waals surface area (Å²) in [5.74, 6) is 0. The van der Waals surface area contributed by atoms with Gasteiger partial charge in [-0.3, -0.25) is 4.98 Å². The molecule has 0 N–H and O–H groups in total. The summed E-state index contributed by atoms with van der Waals surface area (Å²) in [5, 5.41) is 0. The molecule has 1 aromatic carbocycles. The topological polar surface area (TPSA) is 12.9 Å². The van der Waals surface area contributed by atoms with Crippen LogP contribution in [0, 0.1) is 0 Å². The summed E-state index contributed by atoms with van der Waals surface area (Å²) >= 11 is 4.48. The van der Waals surface area contributed by atoms with Crippen LogP contribution in [0.1, 0.15) is 26.3 Å². The third kappa shape index (κ3) is 2.70. The predicted octanol–water partition coefficient (Wildman–Crippen LogP) is 4.33. The van der Waals surface area contributed by atoms with Gasteiger partial charge in [0.05, 0.1) is 5.69 Å². The molecule has 0 aliphatic carbocycles. The van der Waals surface area contributed by atoms with Crippen LogP contribution in [0.5, 0.6) is 0 Å². The van der Waals surface area contributed by atoms with E-state index in [0.717, 1.165) is 16.2 Å². The molecule has 0 unspecified atom stereocenters. The number of benzene rings is 1. The second-order valence-electron chi connectivity index (χ2n) is 5.20. The Morgan fingerprint density at radius 3 is 2.41 bits per heavy atom. The second-order valence-corrected chi connectivity index (χ2v) is 5.68. The highest BCUT2D eigenvalue weighted by molar-refractivity contribution is 7.80. The quantitative estimate of drug-likeness (QED) is 0.735. The van der Waals surface area contributed by atoms with E-state index in [4.69, 9.17) is 0 Å². The lowest BCUT2D eigenvalue weighted by atomic mass is 9.87. The van der Waals surface area contributed by atoms with Gasteiger partial charge in [-0.15, -0.1) is 12.6 Å². The van der Waals surface area contributed by atoms with Gasteiger partial charge < -0.3 is 0 Å². The Balaban J connectivity index is 2.51. The fourth-order valence-corrected chi connectivity index (χ4v) is 2.01. The Kier molecular flexibility index (Phi) is 3.25. The van der Waals surface area contributed by atoms with Crippen molar-refractivity contribution in [3.8, 4) is 11.3 Å². The standard InChI is InChI=1S/C15H17NS/c1-15(2,3)11-8-9-16-13(10-11)12-6-4-5-7-14(12)17/h4-10,17H,1-3H3. The molecule has 0 fully saturated rings. The Morgan fingerprint density at radius 2 is 1.76 bits per heavy atom. The van der Waals surface area contributed by atoms with E-state index in [2.05, 4.69) is 56.6 Å². The Hall–Kier alpha value is -1.28. The van der Waals surface area contributed by atoms with Crippen molar-refractivity contribution in [1.29, 1.82) is 0 Å². The van der Waals surface area contributed by atoms with Crippen molar-refractivity contribution in [1.82, 2.24) is 4.98 Å². The number of pyridine rings is 1. The number of nitrogens with zero attached hydrogens (tertiary/aromatic N) is 1. The van der Waals surface area contributed by atoms with E-state index in [9.17, 15) is 0 Å². The van der Waals surface area contributed by atoms with Gasteiger partial charge in [-0.2, -0.15) is 0 Å². The van der Waals surface area contributed by atoms with Crippen molar-refractivity contribution in [3.05, 3.63) is 48.2 Å². The summed E-state index contributed by atoms with van der Waals surface area (Å²) in [6.07, 6.45) is 1.87. The molecule has 2 rings (SSSR count). The van der Waals surface area contributed by atoms with Gasteiger partial charge in [0.25, 0.3) is 0 Å². The molecule has 2 aromatic rings. The van der Waals surface area contributed by atoms with Crippen molar-refractivity contribution in [2.45, 2.75) is 31.1 Å². The normalized spacial score (nSPS) is 11.5. The molecular formula is C15H17NS. The van der Waals surface area contributed by atoms with Gasteiger partial charge in [-0.05, 0) is 29.2 Å². The van der Waals surface area contributed by atoms with Gasteiger partial charge in [-0.25, -0.2) is 0 Å². The Morgan fingerprint density at radius 1 is 1.06 bits per heavy atom. The largest absolute Gasteiger partial charge is 0.256 e. The molecule has 1 nitrogen and oxygen atoms in total. The Labute approximate surface area is 108 Å². The van der Waals surface area contributed by atoms with Crippen molar-refractivity contribution in [3.63, 3.8) is 0 Å². The highest BCUT2D eigenvalue weighted by atomic mass is 32.1. The maximum Gasteiger partial charge on any atom is 0.0716 e. The molecule has 2 heteroatoms. The van der Waals surface area contributed by atoms with E-state index in [1.165, 1.54) is 5.56 Å². The highest BCUT2D eigenvalue weighted by Gasteiger charge is 2.14. The first kappa shape index (κ1) is 12.2. The molecular weight excluding hydrogens is 226 g/mol. The first-order chi connectivity index (χ1) is 7.98. The molecule has 1 heterocycles. The molecule has 88 valence electrons. The molecule has 0 radical (unpaired) electrons. The van der Waals surface area contributed by atoms with Gasteiger partial charge >= 0.3 is 0 Å². The van der Waals surface area contributed by atoms with Gasteiger partial charge in [0.1, 0.15) is 0 Å². The lowest BCUT2D eigenvalue weighted by Gasteiger charge is -2.19. The minimum atomic E-state index is 0.142. The number of hydrogen-bond donors (Lipinski definition) is 1. The number of aromatic nitrogens is 1. The maximum atomic E-state index is 4.48. The zero-order chi connectivity index (χ0) is 12.5. The smallest absolute Gasteiger partial charge is 0.0716 e. The maximum absolute atomic E-state index is 4.48. The molecule has 0 amide bonds. The fraction of sp³-hybridized carbons (Fsp3) is 0.267. The molecule has 0 aliphatic rings. The van der Waals surface area contributed by atoms with Crippen LogP contribution < -0.4 is 0 Å². The van der Waals surface area contributed by atoms with Crippen LogP contribution in [0.15, 0.2) is 47.5 Å². The molecule has 0 spiro atoms. The first-order valence-corrected chi connectivity index (χ1v) is 6.18. The van der Waals surface area contributed by atoms with Crippen LogP contribution in [-0.2, 0) is 5.41 Å². The van der Waals surface area contributed by atoms with Gasteiger partial charge in [0, 0.05) is 16.7 Å². The summed E-state index contributed by atoms with van der Waals surface area (Å²) in [4.78, 5) is 5.40. The van der Waals surface area contributed by atoms with E-state index < -0.39 is 0 Å². The summed E-state index contributed by atoms with van der Waals surface area (Å²) in [7, 11) is 0. The van der Waals surface area contributed by atoms with Crippen LogP contribution in [-0.4, -0.2) is 4.98 Å². The molecule has 0 atom stereocenters. The van der Waals surface area contributed by atoms with E-state index in [0.29, 0.717) is 0 Å². The SMILES string of the molecule is CC(C)(C)c1ccnc(-c2ccccc2S)c1. The van der Waals surface area contributed by atoms with Crippen LogP contribution in [0.4, 0.5) is 0 Å². The zero-order valence-electron chi connectivity index (χ0n) is 10.4. The third-order valence-electron chi connectivity index (χ3n) is 2.81. The number of hydrogen-bond acceptors (Lipinski definition) is 2. The van der Waals surface area contributed by atoms with Crippen molar-refractivity contribution in [2.24, 2.45) is 0 Å². The van der Waals surface area contributed by atoms with Gasteiger partial charge in [-0.1, -0.05) is 39.0 Å². The van der Waals surface area contributed by atoms with Crippen molar-refractivity contribution >= 4 is 12.6 Å². The molecule has 0 bridgehead atoms. The van der Waals surface area contributed by atoms with E-state index in [1.807, 2.05) is 24.4 Å². The lowest BCUT2D eigenvalue weighted by Crippen LogP contribution is -2.11. The Bertz CT molecular complexity index is 526. The third-order valence-corrected chi connectivity index (χ3v) is 3.20. The average molecular weight is 243 g/mol. The van der Waals surface area contributed by atoms with Crippen molar-refractivity contribution < 1.29 is 0 Å². The molecule has 0 saturated carbocycles. The van der Waals surface area contributed by atoms with E-state index >= 15 is 0 Å².